The molecule has 0 atom stereocenters. The fraction of sp³-hybridized carbons (Fsp3) is 0.500. The number of anilines is 1. The van der Waals surface area contributed by atoms with Gasteiger partial charge in [0.15, 0.2) is 5.82 Å². The van der Waals surface area contributed by atoms with Gasteiger partial charge in [-0.15, -0.1) is 0 Å². The SMILES string of the molecule is CCc1nc(-n2ccnc2C)nc(N2CCOCC2)c1Cl. The van der Waals surface area contributed by atoms with Crippen LogP contribution in [0.5, 0.6) is 0 Å². The Kier molecular flexibility index (Phi) is 4.07. The van der Waals surface area contributed by atoms with Crippen molar-refractivity contribution in [1.29, 1.82) is 0 Å². The average molecular weight is 308 g/mol. The van der Waals surface area contributed by atoms with E-state index in [4.69, 9.17) is 16.3 Å². The molecule has 2 aromatic heterocycles. The summed E-state index contributed by atoms with van der Waals surface area (Å²) in [6.07, 6.45) is 4.37. The third-order valence-electron chi connectivity index (χ3n) is 3.58. The summed E-state index contributed by atoms with van der Waals surface area (Å²) >= 11 is 6.48. The van der Waals surface area contributed by atoms with Crippen molar-refractivity contribution in [2.75, 3.05) is 31.2 Å². The van der Waals surface area contributed by atoms with E-state index in [1.807, 2.05) is 24.6 Å². The minimum atomic E-state index is 0.618. The van der Waals surface area contributed by atoms with Gasteiger partial charge in [0.1, 0.15) is 10.8 Å². The Hall–Kier alpha value is -1.66. The van der Waals surface area contributed by atoms with Crippen LogP contribution < -0.4 is 4.90 Å². The molecule has 1 aliphatic heterocycles. The van der Waals surface area contributed by atoms with Crippen LogP contribution in [-0.2, 0) is 11.2 Å². The van der Waals surface area contributed by atoms with Crippen molar-refractivity contribution in [2.45, 2.75) is 20.3 Å². The van der Waals surface area contributed by atoms with Gasteiger partial charge >= 0.3 is 0 Å². The highest BCUT2D eigenvalue weighted by Crippen LogP contribution is 2.28. The molecule has 7 heteroatoms. The minimum absolute atomic E-state index is 0.618. The van der Waals surface area contributed by atoms with E-state index in [9.17, 15) is 0 Å². The highest BCUT2D eigenvalue weighted by atomic mass is 35.5. The Morgan fingerprint density at radius 2 is 2.05 bits per heavy atom. The van der Waals surface area contributed by atoms with Crippen LogP contribution in [0.3, 0.4) is 0 Å². The molecule has 0 radical (unpaired) electrons. The zero-order valence-electron chi connectivity index (χ0n) is 12.2. The smallest absolute Gasteiger partial charge is 0.237 e. The van der Waals surface area contributed by atoms with Gasteiger partial charge in [0.05, 0.1) is 18.9 Å². The summed E-state index contributed by atoms with van der Waals surface area (Å²) < 4.78 is 7.27. The second kappa shape index (κ2) is 5.99. The van der Waals surface area contributed by atoms with Crippen molar-refractivity contribution in [3.05, 3.63) is 28.9 Å². The van der Waals surface area contributed by atoms with Gasteiger partial charge in [-0.1, -0.05) is 18.5 Å². The minimum Gasteiger partial charge on any atom is -0.378 e. The molecule has 21 heavy (non-hydrogen) atoms. The first kappa shape index (κ1) is 14.3. The van der Waals surface area contributed by atoms with Gasteiger partial charge in [0.2, 0.25) is 5.95 Å². The van der Waals surface area contributed by atoms with E-state index < -0.39 is 0 Å². The first-order valence-electron chi connectivity index (χ1n) is 7.10. The number of nitrogens with zero attached hydrogens (tertiary/aromatic N) is 5. The van der Waals surface area contributed by atoms with Gasteiger partial charge in [0, 0.05) is 25.5 Å². The topological polar surface area (TPSA) is 56.1 Å². The standard InChI is InChI=1S/C14H18ClN5O/c1-3-11-12(15)13(19-6-8-21-9-7-19)18-14(17-11)20-5-4-16-10(20)2/h4-5H,3,6-9H2,1-2H3. The lowest BCUT2D eigenvalue weighted by atomic mass is 10.3. The number of imidazole rings is 1. The molecule has 0 unspecified atom stereocenters. The Balaban J connectivity index is 2.08. The van der Waals surface area contributed by atoms with Crippen molar-refractivity contribution >= 4 is 17.4 Å². The van der Waals surface area contributed by atoms with E-state index in [-0.39, 0.29) is 0 Å². The number of hydrogen-bond donors (Lipinski definition) is 0. The number of halogens is 1. The number of morpholine rings is 1. The van der Waals surface area contributed by atoms with Gasteiger partial charge < -0.3 is 9.64 Å². The maximum atomic E-state index is 6.48. The lowest BCUT2D eigenvalue weighted by Crippen LogP contribution is -2.37. The first-order chi connectivity index (χ1) is 10.2. The largest absolute Gasteiger partial charge is 0.378 e. The predicted octanol–water partition coefficient (Wildman–Crippen LogP) is 2.02. The molecule has 3 rings (SSSR count). The van der Waals surface area contributed by atoms with E-state index in [0.29, 0.717) is 24.2 Å². The summed E-state index contributed by atoms with van der Waals surface area (Å²) in [6, 6.07) is 0. The van der Waals surface area contributed by atoms with Crippen LogP contribution in [0, 0.1) is 6.92 Å². The van der Waals surface area contributed by atoms with E-state index in [2.05, 4.69) is 19.9 Å². The Bertz CT molecular complexity index is 636. The normalized spacial score (nSPS) is 15.5. The molecule has 0 aromatic carbocycles. The van der Waals surface area contributed by atoms with E-state index >= 15 is 0 Å². The number of aromatic nitrogens is 4. The van der Waals surface area contributed by atoms with E-state index in [1.165, 1.54) is 0 Å². The molecule has 112 valence electrons. The maximum Gasteiger partial charge on any atom is 0.237 e. The lowest BCUT2D eigenvalue weighted by Gasteiger charge is -2.29. The van der Waals surface area contributed by atoms with Crippen LogP contribution >= 0.6 is 11.6 Å². The second-order valence-corrected chi connectivity index (χ2v) is 5.28. The third kappa shape index (κ3) is 2.73. The van der Waals surface area contributed by atoms with Crippen molar-refractivity contribution in [3.8, 4) is 5.95 Å². The number of ether oxygens (including phenoxy) is 1. The third-order valence-corrected chi connectivity index (χ3v) is 3.96. The maximum absolute atomic E-state index is 6.48. The van der Waals surface area contributed by atoms with Gasteiger partial charge in [0.25, 0.3) is 0 Å². The summed E-state index contributed by atoms with van der Waals surface area (Å²) in [4.78, 5) is 15.6. The molecule has 1 fully saturated rings. The number of hydrogen-bond acceptors (Lipinski definition) is 5. The quantitative estimate of drug-likeness (QED) is 0.868. The van der Waals surface area contributed by atoms with Crippen LogP contribution in [0.2, 0.25) is 5.02 Å². The molecular weight excluding hydrogens is 290 g/mol. The zero-order valence-corrected chi connectivity index (χ0v) is 13.0. The molecule has 0 aliphatic carbocycles. The van der Waals surface area contributed by atoms with Crippen LogP contribution in [0.4, 0.5) is 5.82 Å². The Labute approximate surface area is 128 Å². The highest BCUT2D eigenvalue weighted by Gasteiger charge is 2.20. The molecule has 0 spiro atoms. The molecular formula is C14H18ClN5O. The van der Waals surface area contributed by atoms with E-state index in [0.717, 1.165) is 36.8 Å². The van der Waals surface area contributed by atoms with Gasteiger partial charge in [-0.2, -0.15) is 4.98 Å². The number of aryl methyl sites for hydroxylation is 2. The Morgan fingerprint density at radius 1 is 1.29 bits per heavy atom. The molecule has 0 saturated carbocycles. The monoisotopic (exact) mass is 307 g/mol. The van der Waals surface area contributed by atoms with Crippen molar-refractivity contribution in [2.24, 2.45) is 0 Å². The van der Waals surface area contributed by atoms with Crippen LogP contribution in [0.15, 0.2) is 12.4 Å². The van der Waals surface area contributed by atoms with Gasteiger partial charge in [-0.25, -0.2) is 9.97 Å². The predicted molar refractivity (Wildman–Crippen MR) is 81.3 cm³/mol. The van der Waals surface area contributed by atoms with Crippen LogP contribution in [0.25, 0.3) is 5.95 Å². The van der Waals surface area contributed by atoms with E-state index in [1.54, 1.807) is 6.20 Å². The van der Waals surface area contributed by atoms with Crippen molar-refractivity contribution in [3.63, 3.8) is 0 Å². The molecule has 3 heterocycles. The molecule has 1 saturated heterocycles. The summed E-state index contributed by atoms with van der Waals surface area (Å²) in [5.41, 5.74) is 0.858. The van der Waals surface area contributed by atoms with Gasteiger partial charge in [-0.3, -0.25) is 4.57 Å². The second-order valence-electron chi connectivity index (χ2n) is 4.91. The summed E-state index contributed by atoms with van der Waals surface area (Å²) in [5.74, 6) is 2.26. The molecule has 0 amide bonds. The molecule has 0 N–H and O–H groups in total. The van der Waals surface area contributed by atoms with Crippen molar-refractivity contribution < 1.29 is 4.74 Å². The van der Waals surface area contributed by atoms with Crippen LogP contribution in [-0.4, -0.2) is 45.8 Å². The fourth-order valence-electron chi connectivity index (χ4n) is 2.38. The zero-order chi connectivity index (χ0) is 14.8. The average Bonchev–Trinajstić information content (AvgIpc) is 2.94. The molecule has 2 aromatic rings. The number of rotatable bonds is 3. The summed E-state index contributed by atoms with van der Waals surface area (Å²) in [6.45, 7) is 6.95. The Morgan fingerprint density at radius 3 is 2.67 bits per heavy atom. The van der Waals surface area contributed by atoms with Crippen LogP contribution in [0.1, 0.15) is 18.4 Å². The van der Waals surface area contributed by atoms with Gasteiger partial charge in [-0.05, 0) is 13.3 Å². The van der Waals surface area contributed by atoms with Crippen molar-refractivity contribution in [1.82, 2.24) is 19.5 Å². The highest BCUT2D eigenvalue weighted by molar-refractivity contribution is 6.33. The summed E-state index contributed by atoms with van der Waals surface area (Å²) in [5, 5.41) is 0.640. The molecule has 1 aliphatic rings. The molecule has 0 bridgehead atoms. The lowest BCUT2D eigenvalue weighted by molar-refractivity contribution is 0.122. The first-order valence-corrected chi connectivity index (χ1v) is 7.48. The molecule has 6 nitrogen and oxygen atoms in total. The fourth-order valence-corrected chi connectivity index (χ4v) is 2.72. The summed E-state index contributed by atoms with van der Waals surface area (Å²) in [7, 11) is 0.